The van der Waals surface area contributed by atoms with Gasteiger partial charge in [0.25, 0.3) is 0 Å². The van der Waals surface area contributed by atoms with Crippen molar-refractivity contribution in [1.29, 1.82) is 0 Å². The van der Waals surface area contributed by atoms with Gasteiger partial charge < -0.3 is 15.8 Å². The SMILES string of the molecule is CC(C)(C)OCCCC(=O)Nc1ccccc1CN. The first-order valence-electron chi connectivity index (χ1n) is 6.64. The van der Waals surface area contributed by atoms with Crippen molar-refractivity contribution in [3.05, 3.63) is 29.8 Å². The van der Waals surface area contributed by atoms with Gasteiger partial charge in [-0.2, -0.15) is 0 Å². The molecule has 1 rings (SSSR count). The summed E-state index contributed by atoms with van der Waals surface area (Å²) >= 11 is 0. The van der Waals surface area contributed by atoms with Crippen LogP contribution in [0.2, 0.25) is 0 Å². The van der Waals surface area contributed by atoms with E-state index >= 15 is 0 Å². The van der Waals surface area contributed by atoms with E-state index in [2.05, 4.69) is 5.32 Å². The van der Waals surface area contributed by atoms with Gasteiger partial charge in [0, 0.05) is 25.3 Å². The predicted molar refractivity (Wildman–Crippen MR) is 77.9 cm³/mol. The number of anilines is 1. The molecule has 1 amide bonds. The standard InChI is InChI=1S/C15H24N2O2/c1-15(2,3)19-10-6-9-14(18)17-13-8-5-4-7-12(13)11-16/h4-5,7-8H,6,9-11,16H2,1-3H3,(H,17,18). The third-order valence-electron chi connectivity index (χ3n) is 2.59. The van der Waals surface area contributed by atoms with E-state index in [1.165, 1.54) is 0 Å². The fourth-order valence-corrected chi connectivity index (χ4v) is 1.64. The molecule has 0 fully saturated rings. The summed E-state index contributed by atoms with van der Waals surface area (Å²) in [6.07, 6.45) is 1.17. The molecule has 0 aliphatic rings. The van der Waals surface area contributed by atoms with Crippen molar-refractivity contribution in [3.63, 3.8) is 0 Å². The fourth-order valence-electron chi connectivity index (χ4n) is 1.64. The summed E-state index contributed by atoms with van der Waals surface area (Å²) in [5.41, 5.74) is 7.22. The highest BCUT2D eigenvalue weighted by atomic mass is 16.5. The minimum atomic E-state index is -0.150. The Kier molecular flexibility index (Phi) is 5.99. The van der Waals surface area contributed by atoms with Crippen molar-refractivity contribution in [2.45, 2.75) is 45.8 Å². The number of rotatable bonds is 6. The first-order valence-corrected chi connectivity index (χ1v) is 6.64. The third kappa shape index (κ3) is 6.36. The number of benzene rings is 1. The molecule has 4 heteroatoms. The van der Waals surface area contributed by atoms with Crippen LogP contribution in [0.4, 0.5) is 5.69 Å². The van der Waals surface area contributed by atoms with Gasteiger partial charge in [-0.3, -0.25) is 4.79 Å². The van der Waals surface area contributed by atoms with Crippen LogP contribution in [0.1, 0.15) is 39.2 Å². The molecule has 0 aliphatic heterocycles. The number of hydrogen-bond acceptors (Lipinski definition) is 3. The van der Waals surface area contributed by atoms with Gasteiger partial charge in [-0.05, 0) is 38.8 Å². The molecule has 1 aromatic carbocycles. The molecule has 19 heavy (non-hydrogen) atoms. The Hall–Kier alpha value is -1.39. The monoisotopic (exact) mass is 264 g/mol. The number of ether oxygens (including phenoxy) is 1. The summed E-state index contributed by atoms with van der Waals surface area (Å²) in [7, 11) is 0. The van der Waals surface area contributed by atoms with Crippen LogP contribution in [0.3, 0.4) is 0 Å². The van der Waals surface area contributed by atoms with E-state index in [1.807, 2.05) is 45.0 Å². The topological polar surface area (TPSA) is 64.3 Å². The van der Waals surface area contributed by atoms with E-state index in [4.69, 9.17) is 10.5 Å². The summed E-state index contributed by atoms with van der Waals surface area (Å²) in [4.78, 5) is 11.8. The van der Waals surface area contributed by atoms with Crippen LogP contribution in [0.15, 0.2) is 24.3 Å². The molecule has 0 spiro atoms. The number of hydrogen-bond donors (Lipinski definition) is 2. The minimum absolute atomic E-state index is 0.00147. The molecule has 0 aromatic heterocycles. The van der Waals surface area contributed by atoms with E-state index in [9.17, 15) is 4.79 Å². The van der Waals surface area contributed by atoms with Crippen LogP contribution in [-0.2, 0) is 16.1 Å². The zero-order valence-corrected chi connectivity index (χ0v) is 12.0. The van der Waals surface area contributed by atoms with Gasteiger partial charge in [0.2, 0.25) is 5.91 Å². The molecule has 0 atom stereocenters. The largest absolute Gasteiger partial charge is 0.376 e. The number of amides is 1. The van der Waals surface area contributed by atoms with Gasteiger partial charge in [0.1, 0.15) is 0 Å². The van der Waals surface area contributed by atoms with Crippen molar-refractivity contribution >= 4 is 11.6 Å². The maximum atomic E-state index is 11.8. The molecule has 0 aliphatic carbocycles. The van der Waals surface area contributed by atoms with Gasteiger partial charge in [0.05, 0.1) is 5.60 Å². The Morgan fingerprint density at radius 1 is 1.32 bits per heavy atom. The van der Waals surface area contributed by atoms with Crippen molar-refractivity contribution in [2.24, 2.45) is 5.73 Å². The highest BCUT2D eigenvalue weighted by Crippen LogP contribution is 2.14. The van der Waals surface area contributed by atoms with E-state index in [0.29, 0.717) is 26.0 Å². The summed E-state index contributed by atoms with van der Waals surface area (Å²) in [5, 5.41) is 2.88. The van der Waals surface area contributed by atoms with Gasteiger partial charge in [-0.25, -0.2) is 0 Å². The van der Waals surface area contributed by atoms with Crippen LogP contribution in [-0.4, -0.2) is 18.1 Å². The Bertz CT molecular complexity index is 411. The van der Waals surface area contributed by atoms with E-state index in [0.717, 1.165) is 11.3 Å². The second kappa shape index (κ2) is 7.26. The number of carbonyl (C=O) groups is 1. The molecule has 0 unspecified atom stereocenters. The lowest BCUT2D eigenvalue weighted by Crippen LogP contribution is -2.21. The molecule has 106 valence electrons. The van der Waals surface area contributed by atoms with Gasteiger partial charge in [-0.15, -0.1) is 0 Å². The van der Waals surface area contributed by atoms with Crippen molar-refractivity contribution in [3.8, 4) is 0 Å². The number of nitrogens with one attached hydrogen (secondary N) is 1. The second-order valence-corrected chi connectivity index (χ2v) is 5.47. The van der Waals surface area contributed by atoms with E-state index < -0.39 is 0 Å². The highest BCUT2D eigenvalue weighted by molar-refractivity contribution is 5.91. The van der Waals surface area contributed by atoms with Crippen LogP contribution < -0.4 is 11.1 Å². The zero-order valence-electron chi connectivity index (χ0n) is 12.0. The minimum Gasteiger partial charge on any atom is -0.376 e. The number of carbonyl (C=O) groups excluding carboxylic acids is 1. The fraction of sp³-hybridized carbons (Fsp3) is 0.533. The molecule has 0 heterocycles. The van der Waals surface area contributed by atoms with Crippen LogP contribution >= 0.6 is 0 Å². The quantitative estimate of drug-likeness (QED) is 0.776. The van der Waals surface area contributed by atoms with E-state index in [1.54, 1.807) is 0 Å². The maximum Gasteiger partial charge on any atom is 0.224 e. The molecular weight excluding hydrogens is 240 g/mol. The normalized spacial score (nSPS) is 11.4. The Morgan fingerprint density at radius 2 is 2.00 bits per heavy atom. The Morgan fingerprint density at radius 3 is 2.63 bits per heavy atom. The van der Waals surface area contributed by atoms with Crippen LogP contribution in [0, 0.1) is 0 Å². The lowest BCUT2D eigenvalue weighted by molar-refractivity contribution is -0.116. The van der Waals surface area contributed by atoms with Crippen molar-refractivity contribution in [2.75, 3.05) is 11.9 Å². The first-order chi connectivity index (χ1) is 8.92. The average Bonchev–Trinajstić information content (AvgIpc) is 2.34. The third-order valence-corrected chi connectivity index (χ3v) is 2.59. The average molecular weight is 264 g/mol. The first kappa shape index (κ1) is 15.7. The highest BCUT2D eigenvalue weighted by Gasteiger charge is 2.10. The maximum absolute atomic E-state index is 11.8. The smallest absolute Gasteiger partial charge is 0.224 e. The Balaban J connectivity index is 2.35. The summed E-state index contributed by atoms with van der Waals surface area (Å²) in [6.45, 7) is 7.03. The molecule has 4 nitrogen and oxygen atoms in total. The summed E-state index contributed by atoms with van der Waals surface area (Å²) < 4.78 is 5.57. The molecule has 0 saturated carbocycles. The molecular formula is C15H24N2O2. The van der Waals surface area contributed by atoms with Crippen molar-refractivity contribution < 1.29 is 9.53 Å². The van der Waals surface area contributed by atoms with Gasteiger partial charge in [0.15, 0.2) is 0 Å². The lowest BCUT2D eigenvalue weighted by atomic mass is 10.1. The van der Waals surface area contributed by atoms with E-state index in [-0.39, 0.29) is 11.5 Å². The Labute approximate surface area is 115 Å². The predicted octanol–water partition coefficient (Wildman–Crippen LogP) is 2.68. The molecule has 3 N–H and O–H groups in total. The zero-order chi connectivity index (χ0) is 14.3. The molecule has 0 radical (unpaired) electrons. The van der Waals surface area contributed by atoms with Crippen molar-refractivity contribution in [1.82, 2.24) is 0 Å². The molecule has 0 saturated heterocycles. The summed E-state index contributed by atoms with van der Waals surface area (Å²) in [5.74, 6) is -0.00147. The van der Waals surface area contributed by atoms with Crippen LogP contribution in [0.25, 0.3) is 0 Å². The van der Waals surface area contributed by atoms with Gasteiger partial charge in [-0.1, -0.05) is 18.2 Å². The number of para-hydroxylation sites is 1. The lowest BCUT2D eigenvalue weighted by Gasteiger charge is -2.19. The molecule has 1 aromatic rings. The van der Waals surface area contributed by atoms with Gasteiger partial charge >= 0.3 is 0 Å². The van der Waals surface area contributed by atoms with Crippen LogP contribution in [0.5, 0.6) is 0 Å². The molecule has 0 bridgehead atoms. The number of nitrogens with two attached hydrogens (primary N) is 1. The second-order valence-electron chi connectivity index (χ2n) is 5.47. The summed E-state index contributed by atoms with van der Waals surface area (Å²) in [6, 6.07) is 7.58.